The Kier molecular flexibility index (Phi) is 5.04. The number of nitrogens with one attached hydrogen (secondary N) is 1. The molecule has 1 aromatic heterocycles. The Morgan fingerprint density at radius 1 is 1.53 bits per heavy atom. The predicted molar refractivity (Wildman–Crippen MR) is 75.7 cm³/mol. The highest BCUT2D eigenvalue weighted by Crippen LogP contribution is 2.28. The third-order valence-electron chi connectivity index (χ3n) is 3.25. The molecule has 1 aromatic rings. The zero-order chi connectivity index (χ0) is 12.1. The normalized spacial score (nSPS) is 24.5. The van der Waals surface area contributed by atoms with Gasteiger partial charge in [-0.2, -0.15) is 11.3 Å². The summed E-state index contributed by atoms with van der Waals surface area (Å²) in [6.45, 7) is 0.838. The third kappa shape index (κ3) is 4.43. The molecule has 1 N–H and O–H groups in total. The topological polar surface area (TPSA) is 29.1 Å². The van der Waals surface area contributed by atoms with Gasteiger partial charge in [0.1, 0.15) is 0 Å². The Hall–Kier alpha value is -0.350. The van der Waals surface area contributed by atoms with Crippen LogP contribution in [-0.4, -0.2) is 17.3 Å². The molecule has 1 fully saturated rings. The molecular formula is C13H18BrNOS. The van der Waals surface area contributed by atoms with Crippen LogP contribution >= 0.6 is 27.3 Å². The van der Waals surface area contributed by atoms with E-state index in [-0.39, 0.29) is 5.91 Å². The van der Waals surface area contributed by atoms with E-state index in [1.54, 1.807) is 11.3 Å². The largest absolute Gasteiger partial charge is 0.356 e. The summed E-state index contributed by atoms with van der Waals surface area (Å²) in [5.74, 6) is 0.805. The zero-order valence-electron chi connectivity index (χ0n) is 9.82. The van der Waals surface area contributed by atoms with Crippen LogP contribution in [-0.2, 0) is 11.2 Å². The molecule has 4 heteroatoms. The lowest BCUT2D eigenvalue weighted by Gasteiger charge is -2.25. The van der Waals surface area contributed by atoms with E-state index >= 15 is 0 Å². The number of amides is 1. The van der Waals surface area contributed by atoms with Crippen LogP contribution in [0.4, 0.5) is 0 Å². The quantitative estimate of drug-likeness (QED) is 0.848. The monoisotopic (exact) mass is 315 g/mol. The summed E-state index contributed by atoms with van der Waals surface area (Å²) >= 11 is 5.31. The first-order chi connectivity index (χ1) is 8.24. The molecule has 0 saturated heterocycles. The van der Waals surface area contributed by atoms with Crippen LogP contribution in [0.2, 0.25) is 0 Å². The lowest BCUT2D eigenvalue weighted by Crippen LogP contribution is -2.32. The van der Waals surface area contributed by atoms with Gasteiger partial charge in [-0.15, -0.1) is 0 Å². The van der Waals surface area contributed by atoms with Crippen molar-refractivity contribution in [1.82, 2.24) is 5.32 Å². The molecule has 1 aliphatic carbocycles. The first-order valence-electron chi connectivity index (χ1n) is 6.16. The number of thiophene rings is 1. The maximum Gasteiger partial charge on any atom is 0.224 e. The van der Waals surface area contributed by atoms with Crippen LogP contribution in [0.1, 0.15) is 31.2 Å². The molecule has 1 aliphatic rings. The van der Waals surface area contributed by atoms with Crippen LogP contribution < -0.4 is 5.32 Å². The van der Waals surface area contributed by atoms with Gasteiger partial charge in [-0.05, 0) is 47.6 Å². The number of rotatable bonds is 4. The van der Waals surface area contributed by atoms with Crippen LogP contribution in [0.25, 0.3) is 0 Å². The van der Waals surface area contributed by atoms with Gasteiger partial charge in [0, 0.05) is 11.4 Å². The number of carbonyl (C=O) groups is 1. The van der Waals surface area contributed by atoms with E-state index in [2.05, 4.69) is 21.2 Å². The van der Waals surface area contributed by atoms with E-state index in [4.69, 9.17) is 0 Å². The SMILES string of the molecule is O=C(Cc1ccsc1)NCC1CCCC(Br)C1. The second-order valence-corrected chi connectivity index (χ2v) is 6.82. The van der Waals surface area contributed by atoms with E-state index in [1.165, 1.54) is 25.7 Å². The van der Waals surface area contributed by atoms with Crippen molar-refractivity contribution in [2.24, 2.45) is 5.92 Å². The minimum Gasteiger partial charge on any atom is -0.356 e. The van der Waals surface area contributed by atoms with E-state index in [0.717, 1.165) is 12.1 Å². The van der Waals surface area contributed by atoms with Crippen LogP contribution in [0.15, 0.2) is 16.8 Å². The molecule has 1 heterocycles. The first kappa shape index (κ1) is 13.1. The first-order valence-corrected chi connectivity index (χ1v) is 8.01. The second kappa shape index (κ2) is 6.55. The minimum atomic E-state index is 0.153. The zero-order valence-corrected chi connectivity index (χ0v) is 12.2. The van der Waals surface area contributed by atoms with Crippen LogP contribution in [0, 0.1) is 5.92 Å². The van der Waals surface area contributed by atoms with Gasteiger partial charge >= 0.3 is 0 Å². The minimum absolute atomic E-state index is 0.153. The summed E-state index contributed by atoms with van der Waals surface area (Å²) in [7, 11) is 0. The maximum atomic E-state index is 11.7. The Morgan fingerprint density at radius 3 is 3.12 bits per heavy atom. The van der Waals surface area contributed by atoms with Crippen molar-refractivity contribution in [2.45, 2.75) is 36.9 Å². The molecule has 2 nitrogen and oxygen atoms in total. The molecule has 0 aliphatic heterocycles. The highest BCUT2D eigenvalue weighted by atomic mass is 79.9. The number of hydrogen-bond acceptors (Lipinski definition) is 2. The van der Waals surface area contributed by atoms with Gasteiger partial charge in [0.2, 0.25) is 5.91 Å². The molecular weight excluding hydrogens is 298 g/mol. The maximum absolute atomic E-state index is 11.7. The van der Waals surface area contributed by atoms with Crippen molar-refractivity contribution in [3.8, 4) is 0 Å². The smallest absolute Gasteiger partial charge is 0.224 e. The van der Waals surface area contributed by atoms with Crippen molar-refractivity contribution >= 4 is 33.2 Å². The Labute approximate surface area is 115 Å². The summed E-state index contributed by atoms with van der Waals surface area (Å²) < 4.78 is 0. The van der Waals surface area contributed by atoms with Gasteiger partial charge in [0.25, 0.3) is 0 Å². The summed E-state index contributed by atoms with van der Waals surface area (Å²) in [4.78, 5) is 12.4. The van der Waals surface area contributed by atoms with Crippen molar-refractivity contribution in [3.63, 3.8) is 0 Å². The van der Waals surface area contributed by atoms with E-state index in [1.807, 2.05) is 16.8 Å². The fraction of sp³-hybridized carbons (Fsp3) is 0.615. The highest BCUT2D eigenvalue weighted by Gasteiger charge is 2.20. The van der Waals surface area contributed by atoms with Gasteiger partial charge in [0.05, 0.1) is 6.42 Å². The molecule has 0 spiro atoms. The number of hydrogen-bond donors (Lipinski definition) is 1. The van der Waals surface area contributed by atoms with Crippen molar-refractivity contribution in [1.29, 1.82) is 0 Å². The Morgan fingerprint density at radius 2 is 2.41 bits per heavy atom. The molecule has 1 saturated carbocycles. The fourth-order valence-corrected chi connectivity index (χ4v) is 3.83. The standard InChI is InChI=1S/C13H18BrNOS/c14-12-3-1-2-10(6-12)8-15-13(16)7-11-4-5-17-9-11/h4-5,9-10,12H,1-3,6-8H2,(H,15,16). The molecule has 94 valence electrons. The highest BCUT2D eigenvalue weighted by molar-refractivity contribution is 9.09. The Bertz CT molecular complexity index is 352. The van der Waals surface area contributed by atoms with Crippen molar-refractivity contribution in [2.75, 3.05) is 6.54 Å². The molecule has 0 radical (unpaired) electrons. The second-order valence-electron chi connectivity index (χ2n) is 4.74. The van der Waals surface area contributed by atoms with Gasteiger partial charge in [-0.3, -0.25) is 4.79 Å². The van der Waals surface area contributed by atoms with E-state index in [0.29, 0.717) is 17.2 Å². The molecule has 17 heavy (non-hydrogen) atoms. The number of alkyl halides is 1. The fourth-order valence-electron chi connectivity index (χ4n) is 2.31. The van der Waals surface area contributed by atoms with Crippen molar-refractivity contribution < 1.29 is 4.79 Å². The Balaban J connectivity index is 1.69. The molecule has 2 rings (SSSR count). The van der Waals surface area contributed by atoms with Gasteiger partial charge in [-0.1, -0.05) is 22.4 Å². The lowest BCUT2D eigenvalue weighted by atomic mass is 9.89. The van der Waals surface area contributed by atoms with Gasteiger partial charge in [0.15, 0.2) is 0 Å². The average molecular weight is 316 g/mol. The van der Waals surface area contributed by atoms with E-state index in [9.17, 15) is 4.79 Å². The van der Waals surface area contributed by atoms with Gasteiger partial charge in [-0.25, -0.2) is 0 Å². The van der Waals surface area contributed by atoms with Crippen molar-refractivity contribution in [3.05, 3.63) is 22.4 Å². The lowest BCUT2D eigenvalue weighted by molar-refractivity contribution is -0.120. The van der Waals surface area contributed by atoms with E-state index < -0.39 is 0 Å². The molecule has 0 bridgehead atoms. The number of carbonyl (C=O) groups excluding carboxylic acids is 1. The summed E-state index contributed by atoms with van der Waals surface area (Å²) in [5, 5.41) is 7.11. The predicted octanol–water partition coefficient (Wildman–Crippen LogP) is 3.36. The molecule has 0 aromatic carbocycles. The molecule has 1 amide bonds. The molecule has 2 unspecified atom stereocenters. The summed E-state index contributed by atoms with van der Waals surface area (Å²) in [6, 6.07) is 2.01. The summed E-state index contributed by atoms with van der Waals surface area (Å²) in [6.07, 6.45) is 5.52. The average Bonchev–Trinajstić information content (AvgIpc) is 2.79. The van der Waals surface area contributed by atoms with Gasteiger partial charge < -0.3 is 5.32 Å². The third-order valence-corrected chi connectivity index (χ3v) is 4.82. The summed E-state index contributed by atoms with van der Waals surface area (Å²) in [5.41, 5.74) is 1.12. The van der Waals surface area contributed by atoms with Crippen LogP contribution in [0.3, 0.4) is 0 Å². The number of halogens is 1. The molecule has 2 atom stereocenters. The van der Waals surface area contributed by atoms with Crippen LogP contribution in [0.5, 0.6) is 0 Å².